The lowest BCUT2D eigenvalue weighted by Crippen LogP contribution is -2.40. The van der Waals surface area contributed by atoms with Crippen molar-refractivity contribution in [1.29, 1.82) is 0 Å². The Balaban J connectivity index is 1.19. The highest BCUT2D eigenvalue weighted by Gasteiger charge is 2.22. The van der Waals surface area contributed by atoms with Gasteiger partial charge in [-0.1, -0.05) is 24.3 Å². The summed E-state index contributed by atoms with van der Waals surface area (Å²) in [4.78, 5) is 15.1. The molecule has 1 aliphatic rings. The van der Waals surface area contributed by atoms with Gasteiger partial charge in [-0.05, 0) is 49.1 Å². The van der Waals surface area contributed by atoms with E-state index in [0.717, 1.165) is 54.4 Å². The number of benzene rings is 2. The van der Waals surface area contributed by atoms with E-state index in [2.05, 4.69) is 41.3 Å². The number of hydrogen-bond acceptors (Lipinski definition) is 6. The van der Waals surface area contributed by atoms with E-state index in [1.54, 1.807) is 0 Å². The standard InChI is InChI=1S/C21H22N6OS/c28-21(20-16-5-1-2-6-17(16)23-24-20)22-11-15-4-3-9-27(13-15)12-14-7-8-18-19(10-14)26-29-25-18/h1-2,5-8,10,15H,3-4,9,11-13H2,(H,22,28)(H,23,24). The smallest absolute Gasteiger partial charge is 0.272 e. The Bertz CT molecular complexity index is 1150. The van der Waals surface area contributed by atoms with Crippen LogP contribution in [0.5, 0.6) is 0 Å². The molecule has 0 spiro atoms. The summed E-state index contributed by atoms with van der Waals surface area (Å²) in [6, 6.07) is 14.0. The summed E-state index contributed by atoms with van der Waals surface area (Å²) in [7, 11) is 0. The van der Waals surface area contributed by atoms with Gasteiger partial charge in [0.05, 0.1) is 17.2 Å². The monoisotopic (exact) mass is 406 g/mol. The molecule has 2 aromatic heterocycles. The summed E-state index contributed by atoms with van der Waals surface area (Å²) in [5.74, 6) is 0.337. The number of rotatable bonds is 5. The highest BCUT2D eigenvalue weighted by molar-refractivity contribution is 7.00. The average molecular weight is 407 g/mol. The lowest BCUT2D eigenvalue weighted by Gasteiger charge is -2.32. The molecule has 3 heterocycles. The minimum absolute atomic E-state index is 0.110. The van der Waals surface area contributed by atoms with Gasteiger partial charge < -0.3 is 5.32 Å². The molecule has 1 amide bonds. The number of fused-ring (bicyclic) bond motifs is 2. The van der Waals surface area contributed by atoms with Gasteiger partial charge in [-0.3, -0.25) is 14.8 Å². The van der Waals surface area contributed by atoms with Crippen molar-refractivity contribution >= 4 is 39.6 Å². The van der Waals surface area contributed by atoms with Crippen LogP contribution in [0.4, 0.5) is 0 Å². The molecule has 0 saturated carbocycles. The number of aromatic nitrogens is 4. The Labute approximate surface area is 172 Å². The van der Waals surface area contributed by atoms with Gasteiger partial charge in [0.2, 0.25) is 0 Å². The van der Waals surface area contributed by atoms with Crippen molar-refractivity contribution < 1.29 is 4.79 Å². The number of hydrogen-bond donors (Lipinski definition) is 2. The predicted molar refractivity (Wildman–Crippen MR) is 114 cm³/mol. The molecule has 1 unspecified atom stereocenters. The van der Waals surface area contributed by atoms with Crippen LogP contribution in [-0.4, -0.2) is 49.4 Å². The molecule has 0 bridgehead atoms. The van der Waals surface area contributed by atoms with Crippen LogP contribution in [0.1, 0.15) is 28.9 Å². The van der Waals surface area contributed by atoms with Gasteiger partial charge in [0.25, 0.3) is 5.91 Å². The average Bonchev–Trinajstić information content (AvgIpc) is 3.39. The normalized spacial score (nSPS) is 17.7. The molecule has 5 rings (SSSR count). The number of carbonyl (C=O) groups is 1. The van der Waals surface area contributed by atoms with Crippen molar-refractivity contribution in [1.82, 2.24) is 29.2 Å². The SMILES string of the molecule is O=C(NCC1CCCN(Cc2ccc3nsnc3c2)C1)c1n[nH]c2ccccc12. The van der Waals surface area contributed by atoms with Gasteiger partial charge in [-0.2, -0.15) is 13.8 Å². The summed E-state index contributed by atoms with van der Waals surface area (Å²) in [6.45, 7) is 3.64. The molecule has 1 saturated heterocycles. The van der Waals surface area contributed by atoms with Crippen LogP contribution in [0.3, 0.4) is 0 Å². The fraction of sp³-hybridized carbons (Fsp3) is 0.333. The predicted octanol–water partition coefficient (Wildman–Crippen LogP) is 3.21. The first-order valence-electron chi connectivity index (χ1n) is 9.91. The molecule has 2 aromatic carbocycles. The molecule has 8 heteroatoms. The van der Waals surface area contributed by atoms with Crippen LogP contribution in [0.15, 0.2) is 42.5 Å². The maximum absolute atomic E-state index is 12.6. The molecule has 1 fully saturated rings. The summed E-state index contributed by atoms with van der Waals surface area (Å²) < 4.78 is 8.61. The molecule has 0 aliphatic carbocycles. The molecule has 4 aromatic rings. The van der Waals surface area contributed by atoms with E-state index < -0.39 is 0 Å². The molecule has 1 aliphatic heterocycles. The second-order valence-electron chi connectivity index (χ2n) is 7.66. The lowest BCUT2D eigenvalue weighted by atomic mass is 9.97. The van der Waals surface area contributed by atoms with E-state index in [-0.39, 0.29) is 5.91 Å². The fourth-order valence-corrected chi connectivity index (χ4v) is 4.62. The van der Waals surface area contributed by atoms with E-state index >= 15 is 0 Å². The molecular weight excluding hydrogens is 384 g/mol. The van der Waals surface area contributed by atoms with Gasteiger partial charge in [0.1, 0.15) is 11.0 Å². The molecular formula is C21H22N6OS. The van der Waals surface area contributed by atoms with E-state index in [1.165, 1.54) is 17.3 Å². The number of aromatic amines is 1. The zero-order valence-electron chi connectivity index (χ0n) is 16.0. The van der Waals surface area contributed by atoms with Gasteiger partial charge in [-0.15, -0.1) is 0 Å². The summed E-state index contributed by atoms with van der Waals surface area (Å²) in [5, 5.41) is 11.1. The number of piperidine rings is 1. The largest absolute Gasteiger partial charge is 0.350 e. The number of amides is 1. The third kappa shape index (κ3) is 3.86. The summed E-state index contributed by atoms with van der Waals surface area (Å²) in [5.41, 5.74) is 4.55. The zero-order valence-corrected chi connectivity index (χ0v) is 16.8. The maximum atomic E-state index is 12.6. The topological polar surface area (TPSA) is 86.8 Å². The van der Waals surface area contributed by atoms with Gasteiger partial charge in [0, 0.05) is 25.0 Å². The quantitative estimate of drug-likeness (QED) is 0.531. The Morgan fingerprint density at radius 3 is 3.07 bits per heavy atom. The fourth-order valence-electron chi connectivity index (χ4n) is 4.10. The van der Waals surface area contributed by atoms with E-state index in [0.29, 0.717) is 18.2 Å². The number of nitrogens with one attached hydrogen (secondary N) is 2. The van der Waals surface area contributed by atoms with Crippen LogP contribution >= 0.6 is 11.7 Å². The van der Waals surface area contributed by atoms with Crippen molar-refractivity contribution in [3.63, 3.8) is 0 Å². The molecule has 7 nitrogen and oxygen atoms in total. The zero-order chi connectivity index (χ0) is 19.6. The second-order valence-corrected chi connectivity index (χ2v) is 8.19. The van der Waals surface area contributed by atoms with Crippen LogP contribution in [0.2, 0.25) is 0 Å². The minimum atomic E-state index is -0.110. The highest BCUT2D eigenvalue weighted by Crippen LogP contribution is 2.21. The molecule has 29 heavy (non-hydrogen) atoms. The number of likely N-dealkylation sites (tertiary alicyclic amines) is 1. The van der Waals surface area contributed by atoms with Crippen molar-refractivity contribution in [3.05, 3.63) is 53.7 Å². The highest BCUT2D eigenvalue weighted by atomic mass is 32.1. The minimum Gasteiger partial charge on any atom is -0.350 e. The van der Waals surface area contributed by atoms with Crippen molar-refractivity contribution in [2.75, 3.05) is 19.6 Å². The van der Waals surface area contributed by atoms with Gasteiger partial charge in [-0.25, -0.2) is 0 Å². The van der Waals surface area contributed by atoms with Crippen molar-refractivity contribution in [3.8, 4) is 0 Å². The van der Waals surface area contributed by atoms with Crippen molar-refractivity contribution in [2.45, 2.75) is 19.4 Å². The summed E-state index contributed by atoms with van der Waals surface area (Å²) in [6.07, 6.45) is 2.28. The van der Waals surface area contributed by atoms with E-state index in [4.69, 9.17) is 0 Å². The van der Waals surface area contributed by atoms with Crippen molar-refractivity contribution in [2.24, 2.45) is 5.92 Å². The third-order valence-electron chi connectivity index (χ3n) is 5.56. The molecule has 148 valence electrons. The van der Waals surface area contributed by atoms with E-state index in [9.17, 15) is 4.79 Å². The Morgan fingerprint density at radius 1 is 1.21 bits per heavy atom. The van der Waals surface area contributed by atoms with Crippen LogP contribution in [-0.2, 0) is 6.54 Å². The van der Waals surface area contributed by atoms with Crippen LogP contribution in [0.25, 0.3) is 21.9 Å². The second kappa shape index (κ2) is 7.88. The van der Waals surface area contributed by atoms with Crippen LogP contribution in [0, 0.1) is 5.92 Å². The molecule has 2 N–H and O–H groups in total. The van der Waals surface area contributed by atoms with Crippen LogP contribution < -0.4 is 5.32 Å². The number of H-pyrrole nitrogens is 1. The summed E-state index contributed by atoms with van der Waals surface area (Å²) >= 11 is 1.26. The Kier molecular flexibility index (Phi) is 4.95. The number of nitrogens with zero attached hydrogens (tertiary/aromatic N) is 4. The first-order chi connectivity index (χ1) is 14.3. The number of para-hydroxylation sites is 1. The maximum Gasteiger partial charge on any atom is 0.272 e. The third-order valence-corrected chi connectivity index (χ3v) is 6.12. The number of carbonyl (C=O) groups excluding carboxylic acids is 1. The first kappa shape index (κ1) is 18.2. The Hall–Kier alpha value is -2.84. The Morgan fingerprint density at radius 2 is 2.10 bits per heavy atom. The van der Waals surface area contributed by atoms with E-state index in [1.807, 2.05) is 30.3 Å². The molecule has 1 atom stereocenters. The first-order valence-corrected chi connectivity index (χ1v) is 10.6. The van der Waals surface area contributed by atoms with Gasteiger partial charge >= 0.3 is 0 Å². The van der Waals surface area contributed by atoms with Gasteiger partial charge in [0.15, 0.2) is 5.69 Å². The molecule has 0 radical (unpaired) electrons. The lowest BCUT2D eigenvalue weighted by molar-refractivity contribution is 0.0927.